The van der Waals surface area contributed by atoms with Crippen LogP contribution >= 0.6 is 23.1 Å². The van der Waals surface area contributed by atoms with Gasteiger partial charge in [0.15, 0.2) is 4.34 Å². The minimum Gasteiger partial charge on any atom is -0.336 e. The molecule has 1 aromatic heterocycles. The highest BCUT2D eigenvalue weighted by molar-refractivity contribution is 8.02. The third-order valence-electron chi connectivity index (χ3n) is 4.78. The molecular weight excluding hydrogens is 364 g/mol. The number of carbonyl (C=O) groups excluding carboxylic acids is 1. The summed E-state index contributed by atoms with van der Waals surface area (Å²) in [5, 5.41) is 12.3. The molecule has 0 spiro atoms. The van der Waals surface area contributed by atoms with Crippen molar-refractivity contribution in [3.05, 3.63) is 29.8 Å². The SMILES string of the molecule is Cc1ccc(Nc2nnc(S[C@H](C)C(=O)N3[C@@H](C)CCC[C@@H]3C)s2)cc1. The molecule has 5 nitrogen and oxygen atoms in total. The molecule has 0 radical (unpaired) electrons. The van der Waals surface area contributed by atoms with Crippen LogP contribution in [-0.4, -0.2) is 38.3 Å². The summed E-state index contributed by atoms with van der Waals surface area (Å²) in [6.07, 6.45) is 3.39. The summed E-state index contributed by atoms with van der Waals surface area (Å²) in [5.41, 5.74) is 2.21. The second-order valence-electron chi connectivity index (χ2n) is 7.00. The number of aromatic nitrogens is 2. The average Bonchev–Trinajstić information content (AvgIpc) is 3.03. The highest BCUT2D eigenvalue weighted by Crippen LogP contribution is 2.33. The maximum Gasteiger partial charge on any atom is 0.236 e. The van der Waals surface area contributed by atoms with E-state index in [1.165, 1.54) is 35.1 Å². The molecule has 1 N–H and O–H groups in total. The first kappa shape index (κ1) is 19.2. The van der Waals surface area contributed by atoms with Gasteiger partial charge in [-0.3, -0.25) is 4.79 Å². The Kier molecular flexibility index (Phi) is 6.19. The summed E-state index contributed by atoms with van der Waals surface area (Å²) < 4.78 is 0.817. The van der Waals surface area contributed by atoms with Crippen molar-refractivity contribution in [1.29, 1.82) is 0 Å². The van der Waals surface area contributed by atoms with Crippen molar-refractivity contribution in [3.63, 3.8) is 0 Å². The van der Waals surface area contributed by atoms with Crippen molar-refractivity contribution in [2.45, 2.75) is 68.6 Å². The highest BCUT2D eigenvalue weighted by Gasteiger charge is 2.32. The molecule has 1 amide bonds. The number of nitrogens with zero attached hydrogens (tertiary/aromatic N) is 3. The average molecular weight is 391 g/mol. The zero-order valence-electron chi connectivity index (χ0n) is 15.7. The molecule has 1 aromatic carbocycles. The third-order valence-corrected chi connectivity index (χ3v) is 6.79. The molecule has 0 aliphatic carbocycles. The topological polar surface area (TPSA) is 58.1 Å². The molecule has 1 aliphatic heterocycles. The Morgan fingerprint density at radius 3 is 2.54 bits per heavy atom. The first-order chi connectivity index (χ1) is 12.4. The minimum absolute atomic E-state index is 0.154. The van der Waals surface area contributed by atoms with Gasteiger partial charge >= 0.3 is 0 Å². The number of piperidine rings is 1. The monoisotopic (exact) mass is 390 g/mol. The number of amides is 1. The summed E-state index contributed by atoms with van der Waals surface area (Å²) in [5.74, 6) is 0.206. The quantitative estimate of drug-likeness (QED) is 0.739. The largest absolute Gasteiger partial charge is 0.336 e. The molecule has 7 heteroatoms. The van der Waals surface area contributed by atoms with Gasteiger partial charge < -0.3 is 10.2 Å². The Morgan fingerprint density at radius 1 is 1.23 bits per heavy atom. The van der Waals surface area contributed by atoms with Gasteiger partial charge in [-0.2, -0.15) is 0 Å². The fourth-order valence-corrected chi connectivity index (χ4v) is 5.31. The van der Waals surface area contributed by atoms with Crippen molar-refractivity contribution >= 4 is 39.8 Å². The molecule has 26 heavy (non-hydrogen) atoms. The number of carbonyl (C=O) groups is 1. The van der Waals surface area contributed by atoms with Crippen LogP contribution in [0.25, 0.3) is 0 Å². The van der Waals surface area contributed by atoms with Crippen LogP contribution in [-0.2, 0) is 4.79 Å². The number of thioether (sulfide) groups is 1. The Labute approximate surface area is 163 Å². The zero-order chi connectivity index (χ0) is 18.7. The molecule has 140 valence electrons. The number of hydrogen-bond donors (Lipinski definition) is 1. The van der Waals surface area contributed by atoms with E-state index < -0.39 is 0 Å². The van der Waals surface area contributed by atoms with Crippen molar-refractivity contribution in [2.75, 3.05) is 5.32 Å². The van der Waals surface area contributed by atoms with Gasteiger partial charge in [-0.25, -0.2) is 0 Å². The standard InChI is InChI=1S/C19H26N4OS2/c1-12-8-10-16(11-9-12)20-18-21-22-19(26-18)25-15(4)17(24)23-13(2)6-5-7-14(23)3/h8-11,13-15H,5-7H2,1-4H3,(H,20,21)/t13-,14-,15+/m0/s1. The van der Waals surface area contributed by atoms with Crippen LogP contribution in [0.2, 0.25) is 0 Å². The molecule has 3 atom stereocenters. The highest BCUT2D eigenvalue weighted by atomic mass is 32.2. The molecule has 0 bridgehead atoms. The van der Waals surface area contributed by atoms with Crippen molar-refractivity contribution in [1.82, 2.24) is 15.1 Å². The van der Waals surface area contributed by atoms with E-state index in [9.17, 15) is 4.79 Å². The molecule has 1 saturated heterocycles. The maximum absolute atomic E-state index is 12.9. The summed E-state index contributed by atoms with van der Waals surface area (Å²) in [7, 11) is 0. The number of aryl methyl sites for hydroxylation is 1. The van der Waals surface area contributed by atoms with Gasteiger partial charge in [0.1, 0.15) is 0 Å². The van der Waals surface area contributed by atoms with E-state index >= 15 is 0 Å². The van der Waals surface area contributed by atoms with Gasteiger partial charge in [0.2, 0.25) is 11.0 Å². The van der Waals surface area contributed by atoms with Gasteiger partial charge in [-0.1, -0.05) is 40.8 Å². The lowest BCUT2D eigenvalue weighted by Crippen LogP contribution is -2.50. The second kappa shape index (κ2) is 8.39. The lowest BCUT2D eigenvalue weighted by molar-refractivity contribution is -0.136. The Morgan fingerprint density at radius 2 is 1.88 bits per heavy atom. The van der Waals surface area contributed by atoms with Gasteiger partial charge in [-0.15, -0.1) is 10.2 Å². The van der Waals surface area contributed by atoms with Crippen molar-refractivity contribution in [3.8, 4) is 0 Å². The predicted octanol–water partition coefficient (Wildman–Crippen LogP) is 4.86. The lowest BCUT2D eigenvalue weighted by atomic mass is 9.97. The van der Waals surface area contributed by atoms with E-state index in [1.54, 1.807) is 0 Å². The minimum atomic E-state index is -0.154. The lowest BCUT2D eigenvalue weighted by Gasteiger charge is -2.40. The van der Waals surface area contributed by atoms with E-state index in [-0.39, 0.29) is 11.2 Å². The predicted molar refractivity (Wildman–Crippen MR) is 109 cm³/mol. The van der Waals surface area contributed by atoms with Crippen molar-refractivity contribution < 1.29 is 4.79 Å². The smallest absolute Gasteiger partial charge is 0.236 e. The number of likely N-dealkylation sites (tertiary alicyclic amines) is 1. The molecular formula is C19H26N4OS2. The Bertz CT molecular complexity index is 736. The first-order valence-electron chi connectivity index (χ1n) is 9.10. The number of anilines is 2. The first-order valence-corrected chi connectivity index (χ1v) is 10.8. The number of hydrogen-bond acceptors (Lipinski definition) is 6. The van der Waals surface area contributed by atoms with E-state index in [4.69, 9.17) is 0 Å². The van der Waals surface area contributed by atoms with Crippen LogP contribution in [0.4, 0.5) is 10.8 Å². The molecule has 1 aliphatic rings. The number of nitrogens with one attached hydrogen (secondary N) is 1. The summed E-state index contributed by atoms with van der Waals surface area (Å²) in [6, 6.07) is 8.80. The van der Waals surface area contributed by atoms with E-state index in [0.29, 0.717) is 12.1 Å². The molecule has 1 fully saturated rings. The zero-order valence-corrected chi connectivity index (χ0v) is 17.4. The van der Waals surface area contributed by atoms with Crippen LogP contribution in [0, 0.1) is 6.92 Å². The van der Waals surface area contributed by atoms with Crippen LogP contribution in [0.1, 0.15) is 45.6 Å². The normalized spacial score (nSPS) is 21.5. The van der Waals surface area contributed by atoms with E-state index in [1.807, 2.05) is 19.1 Å². The van der Waals surface area contributed by atoms with Gasteiger partial charge in [0, 0.05) is 17.8 Å². The van der Waals surface area contributed by atoms with Crippen LogP contribution < -0.4 is 5.32 Å². The van der Waals surface area contributed by atoms with Crippen LogP contribution in [0.15, 0.2) is 28.6 Å². The maximum atomic E-state index is 12.9. The molecule has 3 rings (SSSR count). The Hall–Kier alpha value is -1.60. The summed E-state index contributed by atoms with van der Waals surface area (Å²) in [6.45, 7) is 8.33. The van der Waals surface area contributed by atoms with Gasteiger partial charge in [-0.05, 0) is 59.1 Å². The number of rotatable bonds is 5. The fourth-order valence-electron chi connectivity index (χ4n) is 3.34. The summed E-state index contributed by atoms with van der Waals surface area (Å²) >= 11 is 2.98. The second-order valence-corrected chi connectivity index (χ2v) is 9.56. The van der Waals surface area contributed by atoms with E-state index in [0.717, 1.165) is 28.0 Å². The molecule has 0 unspecified atom stereocenters. The van der Waals surface area contributed by atoms with Gasteiger partial charge in [0.25, 0.3) is 0 Å². The molecule has 0 saturated carbocycles. The molecule has 2 heterocycles. The van der Waals surface area contributed by atoms with E-state index in [2.05, 4.69) is 53.3 Å². The van der Waals surface area contributed by atoms with Crippen LogP contribution in [0.3, 0.4) is 0 Å². The van der Waals surface area contributed by atoms with Crippen LogP contribution in [0.5, 0.6) is 0 Å². The number of benzene rings is 1. The van der Waals surface area contributed by atoms with Crippen molar-refractivity contribution in [2.24, 2.45) is 0 Å². The fraction of sp³-hybridized carbons (Fsp3) is 0.526. The molecule has 2 aromatic rings. The Balaban J connectivity index is 1.61. The van der Waals surface area contributed by atoms with Gasteiger partial charge in [0.05, 0.1) is 5.25 Å². The third kappa shape index (κ3) is 4.57. The summed E-state index contributed by atoms with van der Waals surface area (Å²) in [4.78, 5) is 15.0.